The molecule has 1 aliphatic carbocycles. The van der Waals surface area contributed by atoms with Crippen LogP contribution in [0.5, 0.6) is 0 Å². The quantitative estimate of drug-likeness (QED) is 0.196. The van der Waals surface area contributed by atoms with Gasteiger partial charge in [-0.3, -0.25) is 14.5 Å². The molecule has 0 bridgehead atoms. The predicted octanol–water partition coefficient (Wildman–Crippen LogP) is 5.31. The van der Waals surface area contributed by atoms with Crippen molar-refractivity contribution in [1.82, 2.24) is 20.1 Å². The van der Waals surface area contributed by atoms with Gasteiger partial charge in [0, 0.05) is 29.4 Å². The Morgan fingerprint density at radius 2 is 1.95 bits per heavy atom. The second-order valence-electron chi connectivity index (χ2n) is 11.2. The number of ether oxygens (including phenoxy) is 1. The number of pyridine rings is 1. The third-order valence-electron chi connectivity index (χ3n) is 7.63. The molecule has 2 N–H and O–H groups in total. The van der Waals surface area contributed by atoms with E-state index in [9.17, 15) is 32.3 Å². The number of hydrogen-bond donors (Lipinski definition) is 2. The molecule has 14 heteroatoms. The Kier molecular flexibility index (Phi) is 8.52. The number of carbonyl (C=O) groups excluding carboxylic acids is 1. The topological polar surface area (TPSA) is 119 Å². The number of hydrogen-bond acceptors (Lipinski definition) is 7. The number of carboxylic acid groups (broad SMARTS) is 1. The van der Waals surface area contributed by atoms with Crippen LogP contribution in [0, 0.1) is 34.6 Å². The maximum Gasteiger partial charge on any atom is 0.338 e. The van der Waals surface area contributed by atoms with Gasteiger partial charge in [0.15, 0.2) is 23.3 Å². The zero-order chi connectivity index (χ0) is 31.9. The zero-order valence-electron chi connectivity index (χ0n) is 23.9. The summed E-state index contributed by atoms with van der Waals surface area (Å²) >= 11 is 6.23. The van der Waals surface area contributed by atoms with Crippen molar-refractivity contribution in [3.05, 3.63) is 92.7 Å². The number of nitrogens with zero attached hydrogens (tertiary/aromatic N) is 4. The molecule has 3 aromatic rings. The average molecular weight is 634 g/mol. The van der Waals surface area contributed by atoms with Crippen molar-refractivity contribution in [2.24, 2.45) is 16.3 Å². The molecule has 3 heterocycles. The van der Waals surface area contributed by atoms with Gasteiger partial charge in [0.1, 0.15) is 17.6 Å². The molecular weight excluding hydrogens is 606 g/mol. The number of rotatable bonds is 8. The van der Waals surface area contributed by atoms with Gasteiger partial charge < -0.3 is 15.2 Å². The van der Waals surface area contributed by atoms with E-state index in [-0.39, 0.29) is 41.5 Å². The molecule has 2 aliphatic rings. The summed E-state index contributed by atoms with van der Waals surface area (Å²) in [6.45, 7) is 4.89. The highest BCUT2D eigenvalue weighted by Crippen LogP contribution is 2.41. The number of aromatic nitrogens is 3. The summed E-state index contributed by atoms with van der Waals surface area (Å²) in [5, 5.41) is 16.5. The Morgan fingerprint density at radius 1 is 1.20 bits per heavy atom. The van der Waals surface area contributed by atoms with Crippen molar-refractivity contribution < 1.29 is 37.0 Å². The first-order valence-electron chi connectivity index (χ1n) is 13.8. The molecule has 232 valence electrons. The minimum absolute atomic E-state index is 0.0144. The molecule has 0 saturated heterocycles. The summed E-state index contributed by atoms with van der Waals surface area (Å²) in [5.41, 5.74) is 0.276. The van der Waals surface area contributed by atoms with Crippen molar-refractivity contribution in [2.45, 2.75) is 52.6 Å². The van der Waals surface area contributed by atoms with Crippen molar-refractivity contribution in [3.63, 3.8) is 0 Å². The number of esters is 1. The van der Waals surface area contributed by atoms with Gasteiger partial charge >= 0.3 is 11.9 Å². The Morgan fingerprint density at radius 3 is 2.64 bits per heavy atom. The fourth-order valence-corrected chi connectivity index (χ4v) is 5.63. The molecule has 0 fully saturated rings. The van der Waals surface area contributed by atoms with Crippen LogP contribution in [0.3, 0.4) is 0 Å². The zero-order valence-corrected chi connectivity index (χ0v) is 24.7. The van der Waals surface area contributed by atoms with E-state index in [1.54, 1.807) is 31.6 Å². The third kappa shape index (κ3) is 5.92. The van der Waals surface area contributed by atoms with Crippen LogP contribution < -0.4 is 5.32 Å². The van der Waals surface area contributed by atoms with E-state index in [1.807, 2.05) is 0 Å². The van der Waals surface area contributed by atoms with Crippen molar-refractivity contribution in [1.29, 1.82) is 0 Å². The fraction of sp³-hybridized carbons (Fsp3) is 0.367. The van der Waals surface area contributed by atoms with Crippen LogP contribution in [0.1, 0.15) is 55.7 Å². The van der Waals surface area contributed by atoms with Crippen LogP contribution in [-0.4, -0.2) is 44.3 Å². The predicted molar refractivity (Wildman–Crippen MR) is 151 cm³/mol. The van der Waals surface area contributed by atoms with Gasteiger partial charge in [-0.15, -0.1) is 0 Å². The number of aliphatic carboxylic acids is 1. The van der Waals surface area contributed by atoms with Crippen LogP contribution in [0.4, 0.5) is 17.6 Å². The van der Waals surface area contributed by atoms with E-state index in [4.69, 9.17) is 16.3 Å². The normalized spacial score (nSPS) is 18.4. The second-order valence-corrected chi connectivity index (χ2v) is 11.6. The molecule has 0 radical (unpaired) electrons. The Bertz CT molecular complexity index is 1720. The minimum atomic E-state index is -1.37. The number of carboxylic acids is 1. The number of aliphatic imine (C=N–C) groups is 1. The number of allylic oxidation sites excluding steroid dienone is 1. The van der Waals surface area contributed by atoms with Gasteiger partial charge in [-0.2, -0.15) is 5.10 Å². The molecule has 9 nitrogen and oxygen atoms in total. The van der Waals surface area contributed by atoms with E-state index in [1.165, 1.54) is 6.07 Å². The number of nitrogens with one attached hydrogen (secondary N) is 1. The number of amidine groups is 1. The molecule has 0 spiro atoms. The summed E-state index contributed by atoms with van der Waals surface area (Å²) in [7, 11) is 0. The van der Waals surface area contributed by atoms with Crippen LogP contribution in [0.15, 0.2) is 46.9 Å². The lowest BCUT2D eigenvalue weighted by molar-refractivity contribution is -0.147. The summed E-state index contributed by atoms with van der Waals surface area (Å²) < 4.78 is 64.4. The smallest absolute Gasteiger partial charge is 0.338 e. The van der Waals surface area contributed by atoms with E-state index in [0.717, 1.165) is 23.5 Å². The molecule has 1 aliphatic heterocycles. The highest BCUT2D eigenvalue weighted by molar-refractivity contribution is 6.31. The fourth-order valence-electron chi connectivity index (χ4n) is 5.37. The van der Waals surface area contributed by atoms with Gasteiger partial charge in [0.25, 0.3) is 0 Å². The SMILES string of the molecule is CCOC(=O)C1=C(C2CCc3nn(CC(C)(C)C(=O)O)cc3C2)NC(c2ncc(F)cc2F)=NC1c1ccc(F)c(F)c1Cl. The van der Waals surface area contributed by atoms with Crippen molar-refractivity contribution in [3.8, 4) is 0 Å². The average Bonchev–Trinajstić information content (AvgIpc) is 3.36. The molecule has 0 amide bonds. The molecular formula is C30H28ClF4N5O4. The van der Waals surface area contributed by atoms with Crippen molar-refractivity contribution in [2.75, 3.05) is 6.61 Å². The van der Waals surface area contributed by atoms with E-state index in [2.05, 4.69) is 20.4 Å². The van der Waals surface area contributed by atoms with E-state index >= 15 is 0 Å². The standard InChI is InChI=1S/C30H28ClF4N5O4/c1-4-44-28(41)21-24(14-5-8-20-15(9-14)12-40(39-20)13-30(2,3)29(42)43)37-27(26-19(34)10-16(32)11-36-26)38-25(21)17-6-7-18(33)23(35)22(17)31/h6-7,10-12,14,25H,4-5,8-9,13H2,1-3H3,(H,37,38)(H,42,43). The van der Waals surface area contributed by atoms with Gasteiger partial charge in [-0.05, 0) is 51.7 Å². The number of carbonyl (C=O) groups is 2. The molecule has 2 atom stereocenters. The number of aryl methyl sites for hydroxylation is 1. The number of benzene rings is 1. The van der Waals surface area contributed by atoms with E-state index < -0.39 is 57.6 Å². The molecule has 1 aromatic carbocycles. The summed E-state index contributed by atoms with van der Waals surface area (Å²) in [4.78, 5) is 33.5. The largest absolute Gasteiger partial charge is 0.481 e. The lowest BCUT2D eigenvalue weighted by Gasteiger charge is -2.33. The number of halogens is 5. The van der Waals surface area contributed by atoms with Crippen LogP contribution in [0.2, 0.25) is 5.02 Å². The Hall–Kier alpha value is -4.26. The van der Waals surface area contributed by atoms with Crippen LogP contribution in [0.25, 0.3) is 0 Å². The van der Waals surface area contributed by atoms with Gasteiger partial charge in [-0.1, -0.05) is 17.7 Å². The molecule has 2 unspecified atom stereocenters. The third-order valence-corrected chi connectivity index (χ3v) is 8.01. The molecule has 5 rings (SSSR count). The maximum absolute atomic E-state index is 15.0. The van der Waals surface area contributed by atoms with Gasteiger partial charge in [0.05, 0.1) is 41.1 Å². The minimum Gasteiger partial charge on any atom is -0.481 e. The molecule has 0 saturated carbocycles. The van der Waals surface area contributed by atoms with Crippen LogP contribution in [-0.2, 0) is 33.7 Å². The first kappa shape index (κ1) is 31.2. The van der Waals surface area contributed by atoms with Crippen LogP contribution >= 0.6 is 11.6 Å². The first-order valence-corrected chi connectivity index (χ1v) is 14.2. The van der Waals surface area contributed by atoms with E-state index in [0.29, 0.717) is 25.3 Å². The lowest BCUT2D eigenvalue weighted by Crippen LogP contribution is -2.39. The number of fused-ring (bicyclic) bond motifs is 1. The summed E-state index contributed by atoms with van der Waals surface area (Å²) in [5.74, 6) is -6.93. The van der Waals surface area contributed by atoms with Crippen molar-refractivity contribution >= 4 is 29.4 Å². The van der Waals surface area contributed by atoms with Gasteiger partial charge in [0.2, 0.25) is 0 Å². The molecule has 44 heavy (non-hydrogen) atoms. The van der Waals surface area contributed by atoms with Gasteiger partial charge in [-0.25, -0.2) is 27.3 Å². The Balaban J connectivity index is 1.63. The lowest BCUT2D eigenvalue weighted by atomic mass is 9.81. The highest BCUT2D eigenvalue weighted by Gasteiger charge is 2.39. The Labute approximate surface area is 254 Å². The summed E-state index contributed by atoms with van der Waals surface area (Å²) in [6.07, 6.45) is 3.78. The summed E-state index contributed by atoms with van der Waals surface area (Å²) in [6, 6.07) is 1.27. The monoisotopic (exact) mass is 633 g/mol. The molecule has 2 aromatic heterocycles. The second kappa shape index (κ2) is 12.0. The first-order chi connectivity index (χ1) is 20.8. The highest BCUT2D eigenvalue weighted by atomic mass is 35.5. The maximum atomic E-state index is 15.0.